The third-order valence-electron chi connectivity index (χ3n) is 5.59. The lowest BCUT2D eigenvalue weighted by Crippen LogP contribution is -2.51. The first kappa shape index (κ1) is 22.7. The van der Waals surface area contributed by atoms with Crippen LogP contribution < -0.4 is 9.64 Å². The highest BCUT2D eigenvalue weighted by Gasteiger charge is 2.27. The Morgan fingerprint density at radius 2 is 1.65 bits per heavy atom. The lowest BCUT2D eigenvalue weighted by atomic mass is 9.98. The Balaban J connectivity index is 1.44. The van der Waals surface area contributed by atoms with Gasteiger partial charge in [-0.15, -0.1) is 0 Å². The molecule has 0 N–H and O–H groups in total. The summed E-state index contributed by atoms with van der Waals surface area (Å²) in [6.07, 6.45) is -0.829. The quantitative estimate of drug-likeness (QED) is 0.633. The number of benzene rings is 2. The van der Waals surface area contributed by atoms with Gasteiger partial charge in [0.1, 0.15) is 5.75 Å². The van der Waals surface area contributed by atoms with Crippen LogP contribution in [0.15, 0.2) is 48.5 Å². The van der Waals surface area contributed by atoms with E-state index in [4.69, 9.17) is 9.47 Å². The minimum Gasteiger partial charge on any atom is -0.482 e. The largest absolute Gasteiger partial charge is 0.482 e. The second kappa shape index (κ2) is 10.3. The van der Waals surface area contributed by atoms with Crippen molar-refractivity contribution < 1.29 is 19.1 Å². The second-order valence-electron chi connectivity index (χ2n) is 8.24. The van der Waals surface area contributed by atoms with Crippen molar-refractivity contribution in [3.05, 3.63) is 59.7 Å². The van der Waals surface area contributed by atoms with Gasteiger partial charge in [0.15, 0.2) is 12.7 Å². The van der Waals surface area contributed by atoms with Gasteiger partial charge in [-0.2, -0.15) is 0 Å². The van der Waals surface area contributed by atoms with Gasteiger partial charge in [-0.3, -0.25) is 4.79 Å². The van der Waals surface area contributed by atoms with Crippen LogP contribution in [-0.4, -0.2) is 55.7 Å². The monoisotopic (exact) mass is 424 g/mol. The number of hydrogen-bond acceptors (Lipinski definition) is 5. The first-order valence-electron chi connectivity index (χ1n) is 10.9. The number of rotatable bonds is 7. The summed E-state index contributed by atoms with van der Waals surface area (Å²) < 4.78 is 10.9. The average Bonchev–Trinajstić information content (AvgIpc) is 2.77. The Kier molecular flexibility index (Phi) is 7.55. The fourth-order valence-corrected chi connectivity index (χ4v) is 3.89. The Bertz CT molecular complexity index is 890. The standard InChI is InChI=1S/C25H32N2O4/c1-18(2)23-11-10-22(16-19(23)3)30-17-24(28)31-20(4)25(29)27-14-12-26(13-15-27)21-8-6-5-7-9-21/h5-11,16,18,20H,12-15,17H2,1-4H3/t20-/m0/s1. The van der Waals surface area contributed by atoms with Crippen LogP contribution in [0.2, 0.25) is 0 Å². The number of hydrogen-bond donors (Lipinski definition) is 0. The van der Waals surface area contributed by atoms with Gasteiger partial charge in [-0.25, -0.2) is 4.79 Å². The molecule has 0 spiro atoms. The van der Waals surface area contributed by atoms with Gasteiger partial charge in [0.2, 0.25) is 0 Å². The van der Waals surface area contributed by atoms with E-state index in [1.165, 1.54) is 5.56 Å². The molecule has 1 atom stereocenters. The van der Waals surface area contributed by atoms with Crippen LogP contribution in [0.25, 0.3) is 0 Å². The molecule has 1 saturated heterocycles. The minimum absolute atomic E-state index is 0.168. The summed E-state index contributed by atoms with van der Waals surface area (Å²) in [5, 5.41) is 0. The fourth-order valence-electron chi connectivity index (χ4n) is 3.89. The molecule has 0 bridgehead atoms. The van der Waals surface area contributed by atoms with Gasteiger partial charge >= 0.3 is 5.97 Å². The predicted octanol–water partition coefficient (Wildman–Crippen LogP) is 3.78. The van der Waals surface area contributed by atoms with E-state index in [1.54, 1.807) is 11.8 Å². The molecule has 1 heterocycles. The molecule has 6 nitrogen and oxygen atoms in total. The smallest absolute Gasteiger partial charge is 0.344 e. The summed E-state index contributed by atoms with van der Waals surface area (Å²) in [7, 11) is 0. The molecule has 166 valence electrons. The predicted molar refractivity (Wildman–Crippen MR) is 122 cm³/mol. The van der Waals surface area contributed by atoms with Crippen LogP contribution in [0.4, 0.5) is 5.69 Å². The van der Waals surface area contributed by atoms with E-state index in [9.17, 15) is 9.59 Å². The van der Waals surface area contributed by atoms with Gasteiger partial charge in [-0.05, 0) is 55.2 Å². The molecule has 2 aromatic rings. The molecule has 2 aromatic carbocycles. The van der Waals surface area contributed by atoms with Crippen LogP contribution in [0.3, 0.4) is 0 Å². The van der Waals surface area contributed by atoms with Crippen molar-refractivity contribution in [2.45, 2.75) is 39.7 Å². The van der Waals surface area contributed by atoms with Crippen LogP contribution in [0.5, 0.6) is 5.75 Å². The first-order valence-corrected chi connectivity index (χ1v) is 10.9. The van der Waals surface area contributed by atoms with Crippen LogP contribution in [0.1, 0.15) is 37.8 Å². The highest BCUT2D eigenvalue weighted by atomic mass is 16.6. The summed E-state index contributed by atoms with van der Waals surface area (Å²) in [5.74, 6) is 0.336. The fraction of sp³-hybridized carbons (Fsp3) is 0.440. The van der Waals surface area contributed by atoms with Crippen molar-refractivity contribution in [2.75, 3.05) is 37.7 Å². The number of anilines is 1. The number of aryl methyl sites for hydroxylation is 1. The summed E-state index contributed by atoms with van der Waals surface area (Å²) in [6.45, 7) is 10.4. The molecule has 0 unspecified atom stereocenters. The third kappa shape index (κ3) is 6.00. The molecule has 1 amide bonds. The van der Waals surface area contributed by atoms with E-state index in [1.807, 2.05) is 43.3 Å². The van der Waals surface area contributed by atoms with E-state index in [0.29, 0.717) is 24.8 Å². The van der Waals surface area contributed by atoms with E-state index in [0.717, 1.165) is 24.3 Å². The first-order chi connectivity index (χ1) is 14.8. The zero-order valence-electron chi connectivity index (χ0n) is 18.8. The molecule has 3 rings (SSSR count). The van der Waals surface area contributed by atoms with E-state index < -0.39 is 12.1 Å². The summed E-state index contributed by atoms with van der Waals surface area (Å²) in [6, 6.07) is 15.9. The number of carbonyl (C=O) groups excluding carboxylic acids is 2. The van der Waals surface area contributed by atoms with Crippen molar-refractivity contribution >= 4 is 17.6 Å². The summed E-state index contributed by atoms with van der Waals surface area (Å²) >= 11 is 0. The maximum absolute atomic E-state index is 12.7. The molecule has 1 fully saturated rings. The molecule has 1 aliphatic heterocycles. The molecule has 1 aliphatic rings. The number of nitrogens with zero attached hydrogens (tertiary/aromatic N) is 2. The van der Waals surface area contributed by atoms with Gasteiger partial charge in [0, 0.05) is 31.9 Å². The molecule has 31 heavy (non-hydrogen) atoms. The summed E-state index contributed by atoms with van der Waals surface area (Å²) in [5.41, 5.74) is 3.53. The molecule has 0 aliphatic carbocycles. The Labute approximate surface area is 184 Å². The van der Waals surface area contributed by atoms with Crippen LogP contribution >= 0.6 is 0 Å². The average molecular weight is 425 g/mol. The van der Waals surface area contributed by atoms with Crippen LogP contribution in [-0.2, 0) is 14.3 Å². The van der Waals surface area contributed by atoms with Gasteiger partial charge in [0.25, 0.3) is 5.91 Å². The van der Waals surface area contributed by atoms with Gasteiger partial charge in [-0.1, -0.05) is 38.1 Å². The highest BCUT2D eigenvalue weighted by molar-refractivity contribution is 5.84. The maximum Gasteiger partial charge on any atom is 0.344 e. The number of piperazine rings is 1. The normalized spacial score (nSPS) is 15.0. The van der Waals surface area contributed by atoms with E-state index in [-0.39, 0.29) is 12.5 Å². The Morgan fingerprint density at radius 3 is 2.26 bits per heavy atom. The molecule has 0 radical (unpaired) electrons. The maximum atomic E-state index is 12.7. The molecule has 0 saturated carbocycles. The molecule has 0 aromatic heterocycles. The molecular weight excluding hydrogens is 392 g/mol. The van der Waals surface area contributed by atoms with Crippen molar-refractivity contribution in [3.63, 3.8) is 0 Å². The van der Waals surface area contributed by atoms with E-state index >= 15 is 0 Å². The zero-order valence-corrected chi connectivity index (χ0v) is 18.8. The molecule has 6 heteroatoms. The topological polar surface area (TPSA) is 59.1 Å². The minimum atomic E-state index is -0.829. The number of carbonyl (C=O) groups is 2. The lowest BCUT2D eigenvalue weighted by Gasteiger charge is -2.37. The SMILES string of the molecule is Cc1cc(OCC(=O)O[C@@H](C)C(=O)N2CCN(c3ccccc3)CC2)ccc1C(C)C. The number of ether oxygens (including phenoxy) is 2. The van der Waals surface area contributed by atoms with E-state index in [2.05, 4.69) is 30.9 Å². The van der Waals surface area contributed by atoms with Crippen molar-refractivity contribution in [1.29, 1.82) is 0 Å². The number of esters is 1. The third-order valence-corrected chi connectivity index (χ3v) is 5.59. The Morgan fingerprint density at radius 1 is 0.968 bits per heavy atom. The lowest BCUT2D eigenvalue weighted by molar-refractivity contribution is -0.160. The zero-order chi connectivity index (χ0) is 22.4. The van der Waals surface area contributed by atoms with Crippen molar-refractivity contribution in [1.82, 2.24) is 4.90 Å². The molecular formula is C25H32N2O4. The summed E-state index contributed by atoms with van der Waals surface area (Å²) in [4.78, 5) is 28.9. The second-order valence-corrected chi connectivity index (χ2v) is 8.24. The van der Waals surface area contributed by atoms with Crippen molar-refractivity contribution in [3.8, 4) is 5.75 Å². The van der Waals surface area contributed by atoms with Gasteiger partial charge in [0.05, 0.1) is 0 Å². The highest BCUT2D eigenvalue weighted by Crippen LogP contribution is 2.23. The number of para-hydroxylation sites is 1. The van der Waals surface area contributed by atoms with Crippen LogP contribution in [0, 0.1) is 6.92 Å². The van der Waals surface area contributed by atoms with Gasteiger partial charge < -0.3 is 19.3 Å². The Hall–Kier alpha value is -3.02. The number of amides is 1. The van der Waals surface area contributed by atoms with Crippen molar-refractivity contribution in [2.24, 2.45) is 0 Å².